The van der Waals surface area contributed by atoms with Gasteiger partial charge in [-0.1, -0.05) is 6.92 Å². The number of likely N-dealkylation sites (N-methyl/N-ethyl adjacent to an activating group) is 1. The van der Waals surface area contributed by atoms with E-state index in [-0.39, 0.29) is 41.9 Å². The number of ether oxygens (including phenoxy) is 2. The second-order valence-corrected chi connectivity index (χ2v) is 12.6. The van der Waals surface area contributed by atoms with Crippen LogP contribution in [-0.2, 0) is 15.7 Å². The molecule has 0 saturated heterocycles. The molecule has 0 saturated carbocycles. The Morgan fingerprint density at radius 2 is 1.68 bits per heavy atom. The van der Waals surface area contributed by atoms with Gasteiger partial charge in [-0.05, 0) is 75.6 Å². The number of rotatable bonds is 8. The number of anilines is 2. The number of carbonyl (C=O) groups excluding carboxylic acids is 3. The van der Waals surface area contributed by atoms with E-state index in [9.17, 15) is 45.8 Å². The van der Waals surface area contributed by atoms with E-state index in [1.165, 1.54) is 35.0 Å². The van der Waals surface area contributed by atoms with Crippen LogP contribution in [0.25, 0.3) is 0 Å². The van der Waals surface area contributed by atoms with Crippen LogP contribution in [0.1, 0.15) is 68.8 Å². The zero-order valence-electron chi connectivity index (χ0n) is 28.4. The summed E-state index contributed by atoms with van der Waals surface area (Å²) in [5.41, 5.74) is -0.574. The van der Waals surface area contributed by atoms with Crippen molar-refractivity contribution in [2.45, 2.75) is 83.5 Å². The largest absolute Gasteiger partial charge is 0.490 e. The van der Waals surface area contributed by atoms with Gasteiger partial charge in [-0.2, -0.15) is 26.3 Å². The summed E-state index contributed by atoms with van der Waals surface area (Å²) < 4.78 is 89.2. The molecule has 0 spiro atoms. The number of hydrogen-bond donors (Lipinski definition) is 3. The molecule has 278 valence electrons. The number of hydrogen-bond acceptors (Lipinski definition) is 6. The zero-order chi connectivity index (χ0) is 37.2. The molecule has 0 bridgehead atoms. The second-order valence-electron chi connectivity index (χ2n) is 12.6. The van der Waals surface area contributed by atoms with Crippen molar-refractivity contribution in [3.05, 3.63) is 53.6 Å². The Morgan fingerprint density at radius 1 is 1.02 bits per heavy atom. The lowest BCUT2D eigenvalue weighted by Crippen LogP contribution is -2.48. The third-order valence-corrected chi connectivity index (χ3v) is 8.23. The summed E-state index contributed by atoms with van der Waals surface area (Å²) in [6, 6.07) is 6.95. The Balaban J connectivity index is 1.85. The van der Waals surface area contributed by atoms with Crippen LogP contribution in [0.15, 0.2) is 42.5 Å². The molecular formula is C34H44F6N4O6. The minimum absolute atomic E-state index is 0.0283. The van der Waals surface area contributed by atoms with E-state index in [0.29, 0.717) is 25.9 Å². The molecule has 10 nitrogen and oxygen atoms in total. The number of aliphatic hydroxyl groups is 1. The molecule has 0 radical (unpaired) electrons. The maximum absolute atomic E-state index is 14.2. The Labute approximate surface area is 287 Å². The molecule has 0 aromatic heterocycles. The summed E-state index contributed by atoms with van der Waals surface area (Å²) in [6.45, 7) is 5.24. The van der Waals surface area contributed by atoms with Crippen molar-refractivity contribution in [1.82, 2.24) is 9.80 Å². The van der Waals surface area contributed by atoms with Gasteiger partial charge < -0.3 is 35.0 Å². The number of fused-ring (bicyclic) bond motifs is 1. The fourth-order valence-electron chi connectivity index (χ4n) is 5.26. The van der Waals surface area contributed by atoms with E-state index in [0.717, 1.165) is 24.3 Å². The number of benzene rings is 2. The van der Waals surface area contributed by atoms with Crippen LogP contribution in [0.4, 0.5) is 42.5 Å². The minimum Gasteiger partial charge on any atom is -0.490 e. The second kappa shape index (κ2) is 17.7. The van der Waals surface area contributed by atoms with Gasteiger partial charge in [0.05, 0.1) is 42.4 Å². The van der Waals surface area contributed by atoms with E-state index in [1.54, 1.807) is 13.8 Å². The van der Waals surface area contributed by atoms with Crippen molar-refractivity contribution in [2.75, 3.05) is 44.0 Å². The summed E-state index contributed by atoms with van der Waals surface area (Å²) in [5.74, 6) is -1.68. The molecule has 4 atom stereocenters. The Hall–Kier alpha value is -4.05. The highest BCUT2D eigenvalue weighted by Gasteiger charge is 2.33. The lowest BCUT2D eigenvalue weighted by atomic mass is 10.0. The van der Waals surface area contributed by atoms with E-state index in [2.05, 4.69) is 10.6 Å². The van der Waals surface area contributed by atoms with Gasteiger partial charge in [0.15, 0.2) is 0 Å². The van der Waals surface area contributed by atoms with Crippen LogP contribution < -0.4 is 15.4 Å². The first-order valence-electron chi connectivity index (χ1n) is 16.3. The maximum Gasteiger partial charge on any atom is 0.416 e. The van der Waals surface area contributed by atoms with Crippen molar-refractivity contribution in [1.29, 1.82) is 0 Å². The van der Waals surface area contributed by atoms with Crippen molar-refractivity contribution in [2.24, 2.45) is 5.92 Å². The molecular weight excluding hydrogens is 674 g/mol. The van der Waals surface area contributed by atoms with Gasteiger partial charge in [-0.3, -0.25) is 9.59 Å². The number of alkyl halides is 6. The summed E-state index contributed by atoms with van der Waals surface area (Å²) in [7, 11) is 1.50. The topological polar surface area (TPSA) is 120 Å². The quantitative estimate of drug-likeness (QED) is 0.255. The smallest absolute Gasteiger partial charge is 0.416 e. The van der Waals surface area contributed by atoms with Crippen molar-refractivity contribution in [3.63, 3.8) is 0 Å². The molecule has 2 aromatic rings. The van der Waals surface area contributed by atoms with E-state index in [1.807, 2.05) is 6.92 Å². The highest BCUT2D eigenvalue weighted by Crippen LogP contribution is 2.31. The first-order valence-corrected chi connectivity index (χ1v) is 16.3. The molecule has 3 rings (SSSR count). The maximum atomic E-state index is 14.2. The fraction of sp³-hybridized carbons (Fsp3) is 0.559. The molecule has 0 fully saturated rings. The number of nitrogens with one attached hydrogen (secondary N) is 2. The summed E-state index contributed by atoms with van der Waals surface area (Å²) in [6.07, 6.45) is -10.2. The number of carbonyl (C=O) groups is 3. The summed E-state index contributed by atoms with van der Waals surface area (Å²) >= 11 is 0. The third-order valence-electron chi connectivity index (χ3n) is 8.23. The molecule has 50 heavy (non-hydrogen) atoms. The molecule has 0 aliphatic carbocycles. The molecule has 2 aromatic carbocycles. The minimum atomic E-state index is -4.52. The van der Waals surface area contributed by atoms with Crippen LogP contribution in [0.5, 0.6) is 5.75 Å². The fourth-order valence-corrected chi connectivity index (χ4v) is 5.26. The highest BCUT2D eigenvalue weighted by atomic mass is 19.4. The molecule has 1 heterocycles. The molecule has 1 aliphatic rings. The number of halogens is 6. The van der Waals surface area contributed by atoms with E-state index < -0.39 is 73.3 Å². The molecule has 3 N–H and O–H groups in total. The van der Waals surface area contributed by atoms with Gasteiger partial charge in [-0.25, -0.2) is 4.79 Å². The number of urea groups is 1. The molecule has 4 amide bonds. The van der Waals surface area contributed by atoms with Crippen LogP contribution in [0.3, 0.4) is 0 Å². The van der Waals surface area contributed by atoms with E-state index >= 15 is 0 Å². The Morgan fingerprint density at radius 3 is 2.30 bits per heavy atom. The normalized spacial score (nSPS) is 20.2. The molecule has 1 aliphatic heterocycles. The molecule has 0 unspecified atom stereocenters. The average Bonchev–Trinajstić information content (AvgIpc) is 3.04. The van der Waals surface area contributed by atoms with Crippen LogP contribution in [0, 0.1) is 5.92 Å². The van der Waals surface area contributed by atoms with Crippen molar-refractivity contribution >= 4 is 29.2 Å². The predicted molar refractivity (Wildman–Crippen MR) is 174 cm³/mol. The van der Waals surface area contributed by atoms with Crippen molar-refractivity contribution < 1.29 is 55.3 Å². The number of aliphatic hydroxyl groups excluding tert-OH is 1. The average molecular weight is 719 g/mol. The number of amides is 4. The Bertz CT molecular complexity index is 1440. The van der Waals surface area contributed by atoms with Crippen molar-refractivity contribution in [3.8, 4) is 5.75 Å². The van der Waals surface area contributed by atoms with Crippen LogP contribution in [-0.4, -0.2) is 90.5 Å². The first-order chi connectivity index (χ1) is 23.4. The number of nitrogens with zero attached hydrogens (tertiary/aromatic N) is 2. The lowest BCUT2D eigenvalue weighted by Gasteiger charge is -2.35. The van der Waals surface area contributed by atoms with Gasteiger partial charge in [0.25, 0.3) is 5.91 Å². The van der Waals surface area contributed by atoms with Gasteiger partial charge in [0.2, 0.25) is 5.91 Å². The summed E-state index contributed by atoms with van der Waals surface area (Å²) in [4.78, 5) is 42.2. The lowest BCUT2D eigenvalue weighted by molar-refractivity contribution is -0.142. The Kier molecular flexibility index (Phi) is 14.3. The van der Waals surface area contributed by atoms with Gasteiger partial charge in [-0.15, -0.1) is 0 Å². The molecule has 16 heteroatoms. The van der Waals surface area contributed by atoms with Crippen LogP contribution in [0.2, 0.25) is 0 Å². The standard InChI is InChI=1S/C34H44F6N4O6/c1-21-18-44(22(2)20-45)31(47)27-17-26(41-30(46)14-15-33(35,36)37)12-13-28(27)50-23(3)7-5-6-16-49-29(21)19-43(4)32(48)42-25-10-8-24(9-11-25)34(38,39)40/h8-13,17,21-23,29,45H,5-7,14-16,18-20H2,1-4H3,(H,41,46)(H,42,48)/t21-,22-,23-,29-/m1/s1. The van der Waals surface area contributed by atoms with Gasteiger partial charge >= 0.3 is 18.4 Å². The zero-order valence-corrected chi connectivity index (χ0v) is 28.4. The highest BCUT2D eigenvalue weighted by molar-refractivity contribution is 5.99. The van der Waals surface area contributed by atoms with E-state index in [4.69, 9.17) is 9.47 Å². The van der Waals surface area contributed by atoms with Gasteiger partial charge in [0.1, 0.15) is 5.75 Å². The van der Waals surface area contributed by atoms with Crippen LogP contribution >= 0.6 is 0 Å². The predicted octanol–water partition coefficient (Wildman–Crippen LogP) is 6.95. The van der Waals surface area contributed by atoms with Gasteiger partial charge in [0, 0.05) is 50.5 Å². The first kappa shape index (κ1) is 40.4. The third kappa shape index (κ3) is 12.4. The SMILES string of the molecule is C[C@@H]1CCCCO[C@H](CN(C)C(=O)Nc2ccc(C(F)(F)F)cc2)[C@H](C)CN([C@H](C)CO)C(=O)c2cc(NC(=O)CCC(F)(F)F)ccc2O1. The summed E-state index contributed by atoms with van der Waals surface area (Å²) in [5, 5.41) is 15.1. The monoisotopic (exact) mass is 718 g/mol.